The Morgan fingerprint density at radius 1 is 1.18 bits per heavy atom. The topological polar surface area (TPSA) is 72.2 Å². The van der Waals surface area contributed by atoms with Crippen LogP contribution in [0.1, 0.15) is 45.6 Å². The molecule has 3 rings (SSSR count). The Labute approximate surface area is 167 Å². The van der Waals surface area contributed by atoms with E-state index in [2.05, 4.69) is 4.98 Å². The van der Waals surface area contributed by atoms with Gasteiger partial charge in [-0.2, -0.15) is 0 Å². The van der Waals surface area contributed by atoms with Gasteiger partial charge in [-0.1, -0.05) is 67.1 Å². The van der Waals surface area contributed by atoms with Gasteiger partial charge in [0.2, 0.25) is 0 Å². The summed E-state index contributed by atoms with van der Waals surface area (Å²) in [5, 5.41) is 9.55. The second-order valence-electron chi connectivity index (χ2n) is 6.21. The third-order valence-corrected chi connectivity index (χ3v) is 4.65. The van der Waals surface area contributed by atoms with Crippen LogP contribution < -0.4 is 0 Å². The van der Waals surface area contributed by atoms with Crippen LogP contribution in [0, 0.1) is 0 Å². The first kappa shape index (κ1) is 19.6. The van der Waals surface area contributed by atoms with E-state index in [0.717, 1.165) is 17.5 Å². The van der Waals surface area contributed by atoms with Crippen LogP contribution in [0.4, 0.5) is 0 Å². The highest BCUT2D eigenvalue weighted by Gasteiger charge is 2.15. The Morgan fingerprint density at radius 3 is 2.54 bits per heavy atom. The number of imidazole rings is 1. The number of benzene rings is 2. The minimum Gasteiger partial charge on any atom is -0.478 e. The molecule has 5 nitrogen and oxygen atoms in total. The molecule has 0 bridgehead atoms. The summed E-state index contributed by atoms with van der Waals surface area (Å²) in [5.41, 5.74) is 3.00. The van der Waals surface area contributed by atoms with Gasteiger partial charge in [-0.3, -0.25) is 4.79 Å². The van der Waals surface area contributed by atoms with E-state index in [4.69, 9.17) is 11.6 Å². The zero-order valence-corrected chi connectivity index (χ0v) is 16.1. The normalized spacial score (nSPS) is 11.1. The largest absolute Gasteiger partial charge is 0.478 e. The van der Waals surface area contributed by atoms with Gasteiger partial charge in [-0.25, -0.2) is 9.78 Å². The fourth-order valence-corrected chi connectivity index (χ4v) is 3.21. The Kier molecular flexibility index (Phi) is 6.06. The van der Waals surface area contributed by atoms with Gasteiger partial charge in [-0.15, -0.1) is 0 Å². The summed E-state index contributed by atoms with van der Waals surface area (Å²) in [5.74, 6) is -0.343. The van der Waals surface area contributed by atoms with Crippen molar-refractivity contribution in [3.05, 3.63) is 82.4 Å². The van der Waals surface area contributed by atoms with Crippen molar-refractivity contribution in [1.29, 1.82) is 0 Å². The van der Waals surface area contributed by atoms with Crippen molar-refractivity contribution in [1.82, 2.24) is 9.55 Å². The van der Waals surface area contributed by atoms with Crippen LogP contribution >= 0.6 is 11.6 Å². The van der Waals surface area contributed by atoms with Crippen LogP contribution in [-0.2, 0) is 6.54 Å². The molecular weight excluding hydrogens is 376 g/mol. The fraction of sp³-hybridized carbons (Fsp3) is 0.136. The molecule has 28 heavy (non-hydrogen) atoms. The number of carbonyl (C=O) groups excluding carboxylic acids is 1. The van der Waals surface area contributed by atoms with Gasteiger partial charge in [0.25, 0.3) is 0 Å². The molecule has 1 aromatic heterocycles. The lowest BCUT2D eigenvalue weighted by atomic mass is 9.99. The monoisotopic (exact) mass is 394 g/mol. The Bertz CT molecular complexity index is 1040. The number of carboxylic acids is 1. The molecular formula is C22H19ClN2O3. The minimum atomic E-state index is -0.962. The molecule has 1 heterocycles. The van der Waals surface area contributed by atoms with E-state index in [1.165, 1.54) is 0 Å². The zero-order chi connectivity index (χ0) is 20.1. The van der Waals surface area contributed by atoms with E-state index >= 15 is 0 Å². The predicted octanol–water partition coefficient (Wildman–Crippen LogP) is 5.19. The van der Waals surface area contributed by atoms with Gasteiger partial charge in [0.1, 0.15) is 11.5 Å². The summed E-state index contributed by atoms with van der Waals surface area (Å²) >= 11 is 6.10. The lowest BCUT2D eigenvalue weighted by Crippen LogP contribution is -2.06. The van der Waals surface area contributed by atoms with Gasteiger partial charge in [0.05, 0.1) is 5.56 Å². The van der Waals surface area contributed by atoms with Crippen LogP contribution in [0.2, 0.25) is 5.15 Å². The van der Waals surface area contributed by atoms with Crippen LogP contribution in [0.3, 0.4) is 0 Å². The van der Waals surface area contributed by atoms with Crippen molar-refractivity contribution in [3.8, 4) is 11.1 Å². The molecule has 0 fully saturated rings. The van der Waals surface area contributed by atoms with Crippen LogP contribution in [0.25, 0.3) is 17.2 Å². The molecule has 2 aromatic carbocycles. The van der Waals surface area contributed by atoms with E-state index in [1.54, 1.807) is 22.8 Å². The van der Waals surface area contributed by atoms with E-state index < -0.39 is 5.97 Å². The third-order valence-electron chi connectivity index (χ3n) is 4.37. The molecule has 142 valence electrons. The maximum absolute atomic E-state index is 11.4. The van der Waals surface area contributed by atoms with E-state index in [1.807, 2.05) is 49.4 Å². The lowest BCUT2D eigenvalue weighted by Gasteiger charge is -2.10. The van der Waals surface area contributed by atoms with Crippen LogP contribution in [-0.4, -0.2) is 26.9 Å². The van der Waals surface area contributed by atoms with Gasteiger partial charge in [0.15, 0.2) is 11.4 Å². The number of halogens is 1. The smallest absolute Gasteiger partial charge is 0.336 e. The highest BCUT2D eigenvalue weighted by molar-refractivity contribution is 6.31. The van der Waals surface area contributed by atoms with Gasteiger partial charge >= 0.3 is 5.97 Å². The first-order chi connectivity index (χ1) is 13.5. The number of aldehydes is 1. The molecule has 0 aliphatic heterocycles. The second-order valence-corrected chi connectivity index (χ2v) is 6.57. The molecule has 3 aromatic rings. The molecule has 0 atom stereocenters. The van der Waals surface area contributed by atoms with Gasteiger partial charge in [-0.05, 0) is 35.3 Å². The van der Waals surface area contributed by atoms with Gasteiger partial charge in [0, 0.05) is 6.54 Å². The van der Waals surface area contributed by atoms with Crippen molar-refractivity contribution in [3.63, 3.8) is 0 Å². The van der Waals surface area contributed by atoms with Crippen LogP contribution in [0.5, 0.6) is 0 Å². The summed E-state index contributed by atoms with van der Waals surface area (Å²) in [4.78, 5) is 27.1. The molecule has 0 aliphatic carbocycles. The van der Waals surface area contributed by atoms with Crippen molar-refractivity contribution >= 4 is 29.9 Å². The number of carboxylic acid groups (broad SMARTS) is 1. The summed E-state index contributed by atoms with van der Waals surface area (Å²) in [6, 6.07) is 14.4. The van der Waals surface area contributed by atoms with E-state index in [9.17, 15) is 14.7 Å². The number of aromatic nitrogens is 2. The number of nitrogens with zero attached hydrogens (tertiary/aromatic N) is 2. The van der Waals surface area contributed by atoms with Crippen molar-refractivity contribution in [2.24, 2.45) is 0 Å². The standard InChI is InChI=1S/C22H19ClN2O3/c1-2-3-8-20-24-21(23)19(14-26)25(20)13-15-9-11-16(12-10-15)17-6-4-5-7-18(17)22(27)28/h3-12,14H,2,13H2,1H3,(H,27,28)/b8-3+. The summed E-state index contributed by atoms with van der Waals surface area (Å²) < 4.78 is 1.77. The van der Waals surface area contributed by atoms with E-state index in [-0.39, 0.29) is 10.7 Å². The highest BCUT2D eigenvalue weighted by Crippen LogP contribution is 2.25. The maximum Gasteiger partial charge on any atom is 0.336 e. The lowest BCUT2D eigenvalue weighted by molar-refractivity contribution is 0.0697. The third kappa shape index (κ3) is 4.05. The average molecular weight is 395 g/mol. The molecule has 0 saturated heterocycles. The number of rotatable bonds is 7. The number of hydrogen-bond acceptors (Lipinski definition) is 3. The molecule has 1 N–H and O–H groups in total. The Morgan fingerprint density at radius 2 is 1.89 bits per heavy atom. The SMILES string of the molecule is CC/C=C/c1nc(Cl)c(C=O)n1Cc1ccc(-c2ccccc2C(=O)O)cc1. The van der Waals surface area contributed by atoms with Crippen LogP contribution in [0.15, 0.2) is 54.6 Å². The Balaban J connectivity index is 1.93. The molecule has 0 spiro atoms. The first-order valence-electron chi connectivity index (χ1n) is 8.84. The second kappa shape index (κ2) is 8.67. The molecule has 0 radical (unpaired) electrons. The number of allylic oxidation sites excluding steroid dienone is 1. The molecule has 6 heteroatoms. The van der Waals surface area contributed by atoms with E-state index in [0.29, 0.717) is 29.9 Å². The van der Waals surface area contributed by atoms with Crippen molar-refractivity contribution < 1.29 is 14.7 Å². The molecule has 0 aliphatic rings. The molecule has 0 unspecified atom stereocenters. The van der Waals surface area contributed by atoms with Gasteiger partial charge < -0.3 is 9.67 Å². The molecule has 0 amide bonds. The highest BCUT2D eigenvalue weighted by atomic mass is 35.5. The summed E-state index contributed by atoms with van der Waals surface area (Å²) in [7, 11) is 0. The Hall–Kier alpha value is -3.18. The number of carbonyl (C=O) groups is 2. The average Bonchev–Trinajstić information content (AvgIpc) is 3.01. The van der Waals surface area contributed by atoms with Crippen molar-refractivity contribution in [2.45, 2.75) is 19.9 Å². The van der Waals surface area contributed by atoms with Crippen molar-refractivity contribution in [2.75, 3.05) is 0 Å². The first-order valence-corrected chi connectivity index (χ1v) is 9.22. The number of aromatic carboxylic acids is 1. The summed E-state index contributed by atoms with van der Waals surface area (Å²) in [6.45, 7) is 2.44. The molecule has 0 saturated carbocycles. The quantitative estimate of drug-likeness (QED) is 0.560. The predicted molar refractivity (Wildman–Crippen MR) is 110 cm³/mol. The fourth-order valence-electron chi connectivity index (χ4n) is 2.98. The summed E-state index contributed by atoms with van der Waals surface area (Å²) in [6.07, 6.45) is 5.35. The zero-order valence-electron chi connectivity index (χ0n) is 15.3. The number of hydrogen-bond donors (Lipinski definition) is 1. The minimum absolute atomic E-state index is 0.178. The maximum atomic E-state index is 11.4.